The molecule has 0 spiro atoms. The topological polar surface area (TPSA) is 74.8 Å². The molecule has 1 amide bonds. The summed E-state index contributed by atoms with van der Waals surface area (Å²) in [7, 11) is 0. The van der Waals surface area contributed by atoms with Crippen LogP contribution in [0.1, 0.15) is 22.5 Å². The molecule has 1 heterocycles. The number of benzene rings is 1. The third-order valence-corrected chi connectivity index (χ3v) is 3.59. The zero-order valence-corrected chi connectivity index (χ0v) is 12.6. The molecule has 21 heavy (non-hydrogen) atoms. The van der Waals surface area contributed by atoms with Crippen LogP contribution >= 0.6 is 11.6 Å². The quantitative estimate of drug-likeness (QED) is 0.906. The number of halogens is 1. The van der Waals surface area contributed by atoms with E-state index in [2.05, 4.69) is 15.3 Å². The number of H-pyrrole nitrogens is 1. The Labute approximate surface area is 127 Å². The molecule has 0 unspecified atom stereocenters. The number of aromatic nitrogens is 2. The number of rotatable bonds is 4. The van der Waals surface area contributed by atoms with Gasteiger partial charge in [0.25, 0.3) is 0 Å². The van der Waals surface area contributed by atoms with Crippen LogP contribution in [0, 0.1) is 13.8 Å². The first-order chi connectivity index (χ1) is 9.97. The minimum absolute atomic E-state index is 0.144. The van der Waals surface area contributed by atoms with Gasteiger partial charge < -0.3 is 10.3 Å². The first kappa shape index (κ1) is 15.3. The van der Waals surface area contributed by atoms with Gasteiger partial charge in [0.1, 0.15) is 0 Å². The van der Waals surface area contributed by atoms with Gasteiger partial charge in [0.15, 0.2) is 0 Å². The Hall–Kier alpha value is -2.14. The van der Waals surface area contributed by atoms with E-state index >= 15 is 0 Å². The van der Waals surface area contributed by atoms with Gasteiger partial charge in [0, 0.05) is 28.5 Å². The lowest BCUT2D eigenvalue weighted by Crippen LogP contribution is -2.27. The Kier molecular flexibility index (Phi) is 4.75. The standard InChI is InChI=1S/C15H16ClN3O2/c1-9-12(10(2)19-15(21)18-9)7-14(20)17-8-11-5-3-4-6-13(11)16/h3-6H,7-8H2,1-2H3,(H,17,20)(H,18,19,21). The van der Waals surface area contributed by atoms with Crippen molar-refractivity contribution in [2.24, 2.45) is 0 Å². The summed E-state index contributed by atoms with van der Waals surface area (Å²) in [6, 6.07) is 7.35. The predicted octanol–water partition coefficient (Wildman–Crippen LogP) is 1.90. The average molecular weight is 306 g/mol. The molecule has 0 bridgehead atoms. The van der Waals surface area contributed by atoms with Crippen molar-refractivity contribution >= 4 is 17.5 Å². The summed E-state index contributed by atoms with van der Waals surface area (Å²) < 4.78 is 0. The Morgan fingerprint density at radius 3 is 2.71 bits per heavy atom. The van der Waals surface area contributed by atoms with Crippen LogP contribution in [-0.4, -0.2) is 15.9 Å². The van der Waals surface area contributed by atoms with Crippen molar-refractivity contribution in [3.05, 3.63) is 62.3 Å². The number of hydrogen-bond donors (Lipinski definition) is 2. The molecule has 5 nitrogen and oxygen atoms in total. The summed E-state index contributed by atoms with van der Waals surface area (Å²) >= 11 is 6.03. The fraction of sp³-hybridized carbons (Fsp3) is 0.267. The van der Waals surface area contributed by atoms with Crippen molar-refractivity contribution in [2.45, 2.75) is 26.8 Å². The summed E-state index contributed by atoms with van der Waals surface area (Å²) in [5.74, 6) is -0.144. The molecule has 2 N–H and O–H groups in total. The van der Waals surface area contributed by atoms with E-state index in [-0.39, 0.29) is 12.3 Å². The van der Waals surface area contributed by atoms with Crippen LogP contribution in [-0.2, 0) is 17.8 Å². The highest BCUT2D eigenvalue weighted by Crippen LogP contribution is 2.14. The zero-order valence-electron chi connectivity index (χ0n) is 11.9. The van der Waals surface area contributed by atoms with Crippen LogP contribution < -0.4 is 11.0 Å². The number of hydrogen-bond acceptors (Lipinski definition) is 3. The number of aromatic amines is 1. The zero-order chi connectivity index (χ0) is 15.4. The second kappa shape index (κ2) is 6.54. The predicted molar refractivity (Wildman–Crippen MR) is 81.3 cm³/mol. The number of carbonyl (C=O) groups excluding carboxylic acids is 1. The van der Waals surface area contributed by atoms with Crippen molar-refractivity contribution in [3.63, 3.8) is 0 Å². The highest BCUT2D eigenvalue weighted by molar-refractivity contribution is 6.31. The maximum absolute atomic E-state index is 12.0. The summed E-state index contributed by atoms with van der Waals surface area (Å²) in [4.78, 5) is 29.6. The molecule has 1 aromatic heterocycles. The van der Waals surface area contributed by atoms with Gasteiger partial charge in [-0.3, -0.25) is 4.79 Å². The van der Waals surface area contributed by atoms with Crippen LogP contribution in [0.15, 0.2) is 29.1 Å². The van der Waals surface area contributed by atoms with Gasteiger partial charge in [0.2, 0.25) is 5.91 Å². The van der Waals surface area contributed by atoms with Crippen LogP contribution in [0.3, 0.4) is 0 Å². The Morgan fingerprint density at radius 1 is 1.33 bits per heavy atom. The van der Waals surface area contributed by atoms with E-state index in [0.29, 0.717) is 23.0 Å². The van der Waals surface area contributed by atoms with Gasteiger partial charge in [-0.2, -0.15) is 4.98 Å². The van der Waals surface area contributed by atoms with E-state index in [1.54, 1.807) is 19.9 Å². The molecule has 0 aliphatic carbocycles. The molecule has 0 radical (unpaired) electrons. The molecule has 2 aromatic rings. The Balaban J connectivity index is 2.03. The van der Waals surface area contributed by atoms with Crippen LogP contribution in [0.2, 0.25) is 5.02 Å². The highest BCUT2D eigenvalue weighted by Gasteiger charge is 2.11. The molecule has 110 valence electrons. The fourth-order valence-electron chi connectivity index (χ4n) is 2.07. The van der Waals surface area contributed by atoms with Gasteiger partial charge >= 0.3 is 5.69 Å². The largest absolute Gasteiger partial charge is 0.352 e. The van der Waals surface area contributed by atoms with Crippen LogP contribution in [0.25, 0.3) is 0 Å². The Morgan fingerprint density at radius 2 is 2.05 bits per heavy atom. The maximum Gasteiger partial charge on any atom is 0.345 e. The summed E-state index contributed by atoms with van der Waals surface area (Å²) in [6.07, 6.45) is 0.173. The number of nitrogens with one attached hydrogen (secondary N) is 2. The lowest BCUT2D eigenvalue weighted by atomic mass is 10.1. The molecule has 0 atom stereocenters. The van der Waals surface area contributed by atoms with Crippen molar-refractivity contribution in [2.75, 3.05) is 0 Å². The van der Waals surface area contributed by atoms with E-state index < -0.39 is 5.69 Å². The summed E-state index contributed by atoms with van der Waals surface area (Å²) in [6.45, 7) is 3.85. The minimum atomic E-state index is -0.398. The van der Waals surface area contributed by atoms with E-state index in [1.807, 2.05) is 18.2 Å². The summed E-state index contributed by atoms with van der Waals surface area (Å²) in [5.41, 5.74) is 2.45. The lowest BCUT2D eigenvalue weighted by Gasteiger charge is -2.10. The van der Waals surface area contributed by atoms with E-state index in [4.69, 9.17) is 11.6 Å². The van der Waals surface area contributed by atoms with Gasteiger partial charge in [0.05, 0.1) is 6.42 Å². The fourth-order valence-corrected chi connectivity index (χ4v) is 2.28. The molecule has 0 aliphatic heterocycles. The molecule has 0 fully saturated rings. The van der Waals surface area contributed by atoms with Crippen molar-refractivity contribution in [1.82, 2.24) is 15.3 Å². The summed E-state index contributed by atoms with van der Waals surface area (Å²) in [5, 5.41) is 3.44. The normalized spacial score (nSPS) is 10.4. The number of nitrogens with zero attached hydrogens (tertiary/aromatic N) is 1. The average Bonchev–Trinajstić information content (AvgIpc) is 2.42. The number of aryl methyl sites for hydroxylation is 2. The molecule has 1 aromatic carbocycles. The second-order valence-corrected chi connectivity index (χ2v) is 5.18. The Bertz CT molecular complexity index is 699. The SMILES string of the molecule is Cc1nc(=O)[nH]c(C)c1CC(=O)NCc1ccccc1Cl. The highest BCUT2D eigenvalue weighted by atomic mass is 35.5. The molecular formula is C15H16ClN3O2. The molecule has 6 heteroatoms. The molecule has 2 rings (SSSR count). The van der Waals surface area contributed by atoms with Gasteiger partial charge in [-0.25, -0.2) is 4.79 Å². The monoisotopic (exact) mass is 305 g/mol. The lowest BCUT2D eigenvalue weighted by molar-refractivity contribution is -0.120. The van der Waals surface area contributed by atoms with Crippen molar-refractivity contribution < 1.29 is 4.79 Å². The number of amides is 1. The first-order valence-corrected chi connectivity index (χ1v) is 6.91. The minimum Gasteiger partial charge on any atom is -0.352 e. The van der Waals surface area contributed by atoms with Crippen molar-refractivity contribution in [1.29, 1.82) is 0 Å². The maximum atomic E-state index is 12.0. The van der Waals surface area contributed by atoms with E-state index in [1.165, 1.54) is 0 Å². The molecule has 0 saturated carbocycles. The number of carbonyl (C=O) groups is 1. The van der Waals surface area contributed by atoms with Gasteiger partial charge in [-0.15, -0.1) is 0 Å². The van der Waals surface area contributed by atoms with Gasteiger partial charge in [-0.1, -0.05) is 29.8 Å². The van der Waals surface area contributed by atoms with E-state index in [0.717, 1.165) is 11.1 Å². The van der Waals surface area contributed by atoms with Crippen molar-refractivity contribution in [3.8, 4) is 0 Å². The smallest absolute Gasteiger partial charge is 0.345 e. The van der Waals surface area contributed by atoms with Crippen LogP contribution in [0.5, 0.6) is 0 Å². The first-order valence-electron chi connectivity index (χ1n) is 6.54. The second-order valence-electron chi connectivity index (χ2n) is 4.78. The molecule has 0 saturated heterocycles. The third kappa shape index (κ3) is 3.92. The molecular weight excluding hydrogens is 290 g/mol. The molecule has 0 aliphatic rings. The van der Waals surface area contributed by atoms with Crippen LogP contribution in [0.4, 0.5) is 0 Å². The van der Waals surface area contributed by atoms with Gasteiger partial charge in [-0.05, 0) is 25.5 Å². The van der Waals surface area contributed by atoms with E-state index in [9.17, 15) is 9.59 Å². The third-order valence-electron chi connectivity index (χ3n) is 3.22.